The van der Waals surface area contributed by atoms with Gasteiger partial charge in [0.15, 0.2) is 0 Å². The fourth-order valence-electron chi connectivity index (χ4n) is 7.33. The first kappa shape index (κ1) is 36.8. The minimum absolute atomic E-state index is 0.0200. The number of rotatable bonds is 17. The standard InChI is InChI=1S/C42H54N4O5/c1-44-21-23-45(24-22-44)19-7-20-46(42(47)48)30-38-28-43-29-40(51-32-34-13-14-35-11-5-6-12-37(35)27-34)41(38)36-15-17-39(18-16-36)50-26-8-25-49-31-33-9-3-2-4-10-33/h2-6,9-18,27,38,40-41,43H,7-8,19-26,28-32H2,1H3,(H,47,48)/t38-,40-,41-/m0/s1. The fourth-order valence-corrected chi connectivity index (χ4v) is 7.33. The van der Waals surface area contributed by atoms with Crippen LogP contribution in [0.1, 0.15) is 35.4 Å². The Labute approximate surface area is 303 Å². The van der Waals surface area contributed by atoms with Crippen LogP contribution in [0, 0.1) is 5.92 Å². The van der Waals surface area contributed by atoms with E-state index in [1.807, 2.05) is 30.3 Å². The van der Waals surface area contributed by atoms with Crippen molar-refractivity contribution in [2.75, 3.05) is 79.2 Å². The molecule has 2 aliphatic heterocycles. The number of likely N-dealkylation sites (N-methyl/N-ethyl adjacent to an activating group) is 1. The maximum Gasteiger partial charge on any atom is 0.407 e. The zero-order chi connectivity index (χ0) is 35.3. The molecule has 0 bridgehead atoms. The summed E-state index contributed by atoms with van der Waals surface area (Å²) in [6, 6.07) is 33.4. The van der Waals surface area contributed by atoms with Gasteiger partial charge >= 0.3 is 6.09 Å². The van der Waals surface area contributed by atoms with E-state index in [1.54, 1.807) is 4.90 Å². The zero-order valence-electron chi connectivity index (χ0n) is 30.0. The Morgan fingerprint density at radius 1 is 0.824 bits per heavy atom. The number of piperazine rings is 1. The van der Waals surface area contributed by atoms with Gasteiger partial charge in [-0.15, -0.1) is 0 Å². The molecule has 9 heteroatoms. The molecule has 2 heterocycles. The molecular weight excluding hydrogens is 640 g/mol. The van der Waals surface area contributed by atoms with Crippen LogP contribution in [-0.2, 0) is 22.7 Å². The normalized spacial score (nSPS) is 20.0. The number of nitrogens with one attached hydrogen (secondary N) is 1. The number of ether oxygens (including phenoxy) is 3. The molecule has 1 amide bonds. The van der Waals surface area contributed by atoms with Gasteiger partial charge < -0.3 is 39.3 Å². The van der Waals surface area contributed by atoms with Crippen LogP contribution < -0.4 is 10.1 Å². The Hall–Kier alpha value is -3.99. The average Bonchev–Trinajstić information content (AvgIpc) is 3.16. The van der Waals surface area contributed by atoms with E-state index in [0.29, 0.717) is 46.1 Å². The number of hydrogen-bond donors (Lipinski definition) is 2. The van der Waals surface area contributed by atoms with Crippen LogP contribution in [0.5, 0.6) is 5.75 Å². The summed E-state index contributed by atoms with van der Waals surface area (Å²) >= 11 is 0. The topological polar surface area (TPSA) is 86.7 Å². The first-order valence-electron chi connectivity index (χ1n) is 18.5. The molecule has 0 aromatic heterocycles. The number of amides is 1. The zero-order valence-corrected chi connectivity index (χ0v) is 30.0. The van der Waals surface area contributed by atoms with E-state index in [4.69, 9.17) is 14.2 Å². The lowest BCUT2D eigenvalue weighted by Gasteiger charge is -2.41. The third kappa shape index (κ3) is 11.0. The van der Waals surface area contributed by atoms with E-state index in [0.717, 1.165) is 69.0 Å². The third-order valence-corrected chi connectivity index (χ3v) is 10.2. The van der Waals surface area contributed by atoms with Gasteiger partial charge in [0, 0.05) is 64.7 Å². The molecule has 2 N–H and O–H groups in total. The first-order valence-corrected chi connectivity index (χ1v) is 18.5. The predicted octanol–water partition coefficient (Wildman–Crippen LogP) is 6.33. The molecule has 2 aliphatic rings. The van der Waals surface area contributed by atoms with Crippen molar-refractivity contribution in [3.63, 3.8) is 0 Å². The molecule has 3 atom stereocenters. The molecular formula is C42H54N4O5. The summed E-state index contributed by atoms with van der Waals surface area (Å²) < 4.78 is 18.6. The lowest BCUT2D eigenvalue weighted by Crippen LogP contribution is -2.51. The van der Waals surface area contributed by atoms with Gasteiger partial charge in [-0.05, 0) is 71.6 Å². The van der Waals surface area contributed by atoms with E-state index < -0.39 is 6.09 Å². The van der Waals surface area contributed by atoms with Crippen LogP contribution in [0.2, 0.25) is 0 Å². The number of benzene rings is 4. The summed E-state index contributed by atoms with van der Waals surface area (Å²) in [6.45, 7) is 9.82. The Morgan fingerprint density at radius 3 is 2.37 bits per heavy atom. The summed E-state index contributed by atoms with van der Waals surface area (Å²) in [4.78, 5) is 19.0. The van der Waals surface area contributed by atoms with Crippen molar-refractivity contribution in [3.05, 3.63) is 114 Å². The van der Waals surface area contributed by atoms with E-state index in [9.17, 15) is 9.90 Å². The van der Waals surface area contributed by atoms with Crippen LogP contribution in [0.3, 0.4) is 0 Å². The van der Waals surface area contributed by atoms with E-state index in [1.165, 1.54) is 16.3 Å². The Kier molecular flexibility index (Phi) is 13.7. The molecule has 4 aromatic carbocycles. The number of piperidine rings is 1. The first-order chi connectivity index (χ1) is 25.0. The quantitative estimate of drug-likeness (QED) is 0.124. The monoisotopic (exact) mass is 694 g/mol. The van der Waals surface area contributed by atoms with Crippen LogP contribution in [0.25, 0.3) is 10.8 Å². The summed E-state index contributed by atoms with van der Waals surface area (Å²) in [5.74, 6) is 0.886. The molecule has 6 rings (SSSR count). The number of nitrogens with zero attached hydrogens (tertiary/aromatic N) is 3. The van der Waals surface area contributed by atoms with E-state index in [2.05, 4.69) is 88.9 Å². The number of carbonyl (C=O) groups is 1. The van der Waals surface area contributed by atoms with Crippen molar-refractivity contribution in [3.8, 4) is 5.75 Å². The second-order valence-electron chi connectivity index (χ2n) is 14.0. The highest BCUT2D eigenvalue weighted by atomic mass is 16.5. The van der Waals surface area contributed by atoms with Gasteiger partial charge in [0.2, 0.25) is 0 Å². The Balaban J connectivity index is 1.09. The molecule has 9 nitrogen and oxygen atoms in total. The lowest BCUT2D eigenvalue weighted by atomic mass is 9.78. The molecule has 0 unspecified atom stereocenters. The van der Waals surface area contributed by atoms with E-state index in [-0.39, 0.29) is 17.9 Å². The summed E-state index contributed by atoms with van der Waals surface area (Å²) in [5.41, 5.74) is 3.44. The molecule has 0 saturated carbocycles. The average molecular weight is 695 g/mol. The number of fused-ring (bicyclic) bond motifs is 1. The van der Waals surface area contributed by atoms with Gasteiger partial charge in [0.05, 0.1) is 32.5 Å². The second kappa shape index (κ2) is 19.0. The molecule has 0 aliphatic carbocycles. The minimum Gasteiger partial charge on any atom is -0.494 e. The van der Waals surface area contributed by atoms with Crippen molar-refractivity contribution in [1.29, 1.82) is 0 Å². The smallest absolute Gasteiger partial charge is 0.407 e. The summed E-state index contributed by atoms with van der Waals surface area (Å²) in [7, 11) is 2.15. The maximum atomic E-state index is 12.6. The third-order valence-electron chi connectivity index (χ3n) is 10.2. The molecule has 272 valence electrons. The van der Waals surface area contributed by atoms with Gasteiger partial charge in [-0.2, -0.15) is 0 Å². The molecule has 4 aromatic rings. The maximum absolute atomic E-state index is 12.6. The van der Waals surface area contributed by atoms with Gasteiger partial charge in [-0.1, -0.05) is 78.9 Å². The summed E-state index contributed by atoms with van der Waals surface area (Å²) in [5, 5.41) is 16.3. The largest absolute Gasteiger partial charge is 0.494 e. The van der Waals surface area contributed by atoms with Gasteiger partial charge in [0.25, 0.3) is 0 Å². The lowest BCUT2D eigenvalue weighted by molar-refractivity contribution is -0.0110. The Morgan fingerprint density at radius 2 is 1.59 bits per heavy atom. The van der Waals surface area contributed by atoms with Gasteiger partial charge in [0.1, 0.15) is 5.75 Å². The Bertz CT molecular complexity index is 1630. The number of carboxylic acid groups (broad SMARTS) is 1. The van der Waals surface area contributed by atoms with Gasteiger partial charge in [-0.3, -0.25) is 0 Å². The molecule has 51 heavy (non-hydrogen) atoms. The predicted molar refractivity (Wildman–Crippen MR) is 202 cm³/mol. The van der Waals surface area contributed by atoms with Crippen molar-refractivity contribution < 1.29 is 24.1 Å². The van der Waals surface area contributed by atoms with Crippen molar-refractivity contribution in [2.45, 2.75) is 38.1 Å². The molecule has 0 radical (unpaired) electrons. The van der Waals surface area contributed by atoms with Crippen molar-refractivity contribution in [1.82, 2.24) is 20.0 Å². The van der Waals surface area contributed by atoms with Crippen LogP contribution in [-0.4, -0.2) is 111 Å². The van der Waals surface area contributed by atoms with Crippen LogP contribution >= 0.6 is 0 Å². The highest BCUT2D eigenvalue weighted by Gasteiger charge is 2.37. The summed E-state index contributed by atoms with van der Waals surface area (Å²) in [6.07, 6.45) is 0.647. The second-order valence-corrected chi connectivity index (χ2v) is 14.0. The van der Waals surface area contributed by atoms with Crippen molar-refractivity contribution in [2.24, 2.45) is 5.92 Å². The van der Waals surface area contributed by atoms with Crippen LogP contribution in [0.15, 0.2) is 97.1 Å². The molecule has 0 spiro atoms. The fraction of sp³-hybridized carbons (Fsp3) is 0.452. The van der Waals surface area contributed by atoms with Gasteiger partial charge in [-0.25, -0.2) is 4.79 Å². The van der Waals surface area contributed by atoms with E-state index >= 15 is 0 Å². The van der Waals surface area contributed by atoms with Crippen LogP contribution in [0.4, 0.5) is 4.79 Å². The SMILES string of the molecule is CN1CCN(CCCN(C[C@@H]2CNC[C@H](OCc3ccc4ccccc4c3)[C@H]2c2ccc(OCCCOCc3ccccc3)cc2)C(=O)O)CC1. The highest BCUT2D eigenvalue weighted by molar-refractivity contribution is 5.82. The highest BCUT2D eigenvalue weighted by Crippen LogP contribution is 2.35. The minimum atomic E-state index is -0.858. The molecule has 2 saturated heterocycles. The van der Waals surface area contributed by atoms with Crippen molar-refractivity contribution >= 4 is 16.9 Å². The number of hydrogen-bond acceptors (Lipinski definition) is 7. The molecule has 2 fully saturated rings.